The second-order valence-corrected chi connectivity index (χ2v) is 5.05. The first kappa shape index (κ1) is 12.3. The first-order valence-corrected chi connectivity index (χ1v) is 6.44. The highest BCUT2D eigenvalue weighted by atomic mass is 35.5. The number of hydrogen-bond donors (Lipinski definition) is 1. The molecule has 0 atom stereocenters. The maximum atomic E-state index is 12.7. The van der Waals surface area contributed by atoms with Crippen LogP contribution in [0.1, 0.15) is 5.56 Å². The molecule has 0 saturated heterocycles. The standard InChI is InChI=1S/C13H11ClFNS/c14-13-7-11(16)4-1-9(13)8-17-12-5-2-10(15)3-6-12/h1-7H,8,16H2. The smallest absolute Gasteiger partial charge is 0.123 e. The van der Waals surface area contributed by atoms with Gasteiger partial charge in [0.25, 0.3) is 0 Å². The van der Waals surface area contributed by atoms with Crippen molar-refractivity contribution in [2.45, 2.75) is 10.6 Å². The minimum absolute atomic E-state index is 0.222. The summed E-state index contributed by atoms with van der Waals surface area (Å²) in [6.07, 6.45) is 0. The summed E-state index contributed by atoms with van der Waals surface area (Å²) < 4.78 is 12.7. The molecule has 4 heteroatoms. The molecule has 0 aliphatic carbocycles. The van der Waals surface area contributed by atoms with Crippen LogP contribution in [0.15, 0.2) is 47.4 Å². The molecule has 0 fully saturated rings. The van der Waals surface area contributed by atoms with E-state index in [1.807, 2.05) is 12.1 Å². The molecule has 0 aliphatic rings. The van der Waals surface area contributed by atoms with Crippen LogP contribution in [0.25, 0.3) is 0 Å². The third-order valence-corrected chi connectivity index (χ3v) is 3.70. The Labute approximate surface area is 109 Å². The quantitative estimate of drug-likeness (QED) is 0.661. The summed E-state index contributed by atoms with van der Waals surface area (Å²) in [4.78, 5) is 1.01. The van der Waals surface area contributed by atoms with Gasteiger partial charge in [-0.2, -0.15) is 0 Å². The van der Waals surface area contributed by atoms with E-state index >= 15 is 0 Å². The van der Waals surface area contributed by atoms with Gasteiger partial charge in [0, 0.05) is 21.4 Å². The number of benzene rings is 2. The maximum Gasteiger partial charge on any atom is 0.123 e. The molecule has 2 aromatic carbocycles. The average molecular weight is 268 g/mol. The van der Waals surface area contributed by atoms with E-state index in [9.17, 15) is 4.39 Å². The molecule has 0 spiro atoms. The number of thioether (sulfide) groups is 1. The summed E-state index contributed by atoms with van der Waals surface area (Å²) in [6.45, 7) is 0. The topological polar surface area (TPSA) is 26.0 Å². The van der Waals surface area contributed by atoms with E-state index in [0.29, 0.717) is 10.7 Å². The summed E-state index contributed by atoms with van der Waals surface area (Å²) >= 11 is 7.68. The maximum absolute atomic E-state index is 12.7. The van der Waals surface area contributed by atoms with Gasteiger partial charge in [0.1, 0.15) is 5.82 Å². The van der Waals surface area contributed by atoms with Crippen LogP contribution in [0.5, 0.6) is 0 Å². The molecule has 0 heterocycles. The molecule has 2 rings (SSSR count). The zero-order valence-electron chi connectivity index (χ0n) is 8.99. The Kier molecular flexibility index (Phi) is 3.92. The van der Waals surface area contributed by atoms with Crippen molar-refractivity contribution in [1.29, 1.82) is 0 Å². The SMILES string of the molecule is Nc1ccc(CSc2ccc(F)cc2)c(Cl)c1. The average Bonchev–Trinajstić information content (AvgIpc) is 2.30. The zero-order chi connectivity index (χ0) is 12.3. The summed E-state index contributed by atoms with van der Waals surface area (Å²) in [7, 11) is 0. The predicted octanol–water partition coefficient (Wildman–Crippen LogP) is 4.35. The highest BCUT2D eigenvalue weighted by Gasteiger charge is 2.02. The van der Waals surface area contributed by atoms with Gasteiger partial charge in [-0.3, -0.25) is 0 Å². The van der Waals surface area contributed by atoms with Crippen LogP contribution < -0.4 is 5.73 Å². The largest absolute Gasteiger partial charge is 0.399 e. The van der Waals surface area contributed by atoms with Crippen LogP contribution >= 0.6 is 23.4 Å². The van der Waals surface area contributed by atoms with Crippen LogP contribution in [0, 0.1) is 5.82 Å². The van der Waals surface area contributed by atoms with E-state index in [4.69, 9.17) is 17.3 Å². The molecule has 2 N–H and O–H groups in total. The van der Waals surface area contributed by atoms with Gasteiger partial charge < -0.3 is 5.73 Å². The van der Waals surface area contributed by atoms with Crippen molar-refractivity contribution in [3.63, 3.8) is 0 Å². The predicted molar refractivity (Wildman–Crippen MR) is 71.8 cm³/mol. The highest BCUT2D eigenvalue weighted by Crippen LogP contribution is 2.27. The number of nitrogens with two attached hydrogens (primary N) is 1. The number of anilines is 1. The molecule has 2 aromatic rings. The van der Waals surface area contributed by atoms with E-state index < -0.39 is 0 Å². The second kappa shape index (κ2) is 5.43. The monoisotopic (exact) mass is 267 g/mol. The molecule has 0 aliphatic heterocycles. The molecule has 1 nitrogen and oxygen atoms in total. The van der Waals surface area contributed by atoms with Gasteiger partial charge in [0.05, 0.1) is 0 Å². The molecule has 0 amide bonds. The van der Waals surface area contributed by atoms with Crippen molar-refractivity contribution >= 4 is 29.1 Å². The first-order valence-electron chi connectivity index (χ1n) is 5.07. The van der Waals surface area contributed by atoms with Crippen LogP contribution in [0.3, 0.4) is 0 Å². The summed E-state index contributed by atoms with van der Waals surface area (Å²) in [5, 5.41) is 0.666. The van der Waals surface area contributed by atoms with Gasteiger partial charge in [0.15, 0.2) is 0 Å². The summed E-state index contributed by atoms with van der Waals surface area (Å²) in [5.74, 6) is 0.518. The Morgan fingerprint density at radius 3 is 2.47 bits per heavy atom. The van der Waals surface area contributed by atoms with Crippen molar-refractivity contribution in [3.05, 3.63) is 58.9 Å². The van der Waals surface area contributed by atoms with Gasteiger partial charge in [0.2, 0.25) is 0 Å². The molecular formula is C13H11ClFNS. The lowest BCUT2D eigenvalue weighted by Gasteiger charge is -2.05. The van der Waals surface area contributed by atoms with Crippen molar-refractivity contribution in [3.8, 4) is 0 Å². The van der Waals surface area contributed by atoms with Crippen molar-refractivity contribution in [1.82, 2.24) is 0 Å². The minimum atomic E-state index is -0.222. The lowest BCUT2D eigenvalue weighted by atomic mass is 10.2. The fourth-order valence-corrected chi connectivity index (χ4v) is 2.61. The van der Waals surface area contributed by atoms with Gasteiger partial charge in [-0.25, -0.2) is 4.39 Å². The lowest BCUT2D eigenvalue weighted by Crippen LogP contribution is -1.88. The summed E-state index contributed by atoms with van der Waals surface area (Å²) in [5.41, 5.74) is 7.30. The Balaban J connectivity index is 2.04. The number of halogens is 2. The fourth-order valence-electron chi connectivity index (χ4n) is 1.37. The molecular weight excluding hydrogens is 257 g/mol. The molecule has 0 aromatic heterocycles. The number of rotatable bonds is 3. The third kappa shape index (κ3) is 3.38. The normalized spacial score (nSPS) is 10.5. The second-order valence-electron chi connectivity index (χ2n) is 3.59. The summed E-state index contributed by atoms with van der Waals surface area (Å²) in [6, 6.07) is 11.9. The van der Waals surface area contributed by atoms with E-state index in [0.717, 1.165) is 16.2 Å². The number of hydrogen-bond acceptors (Lipinski definition) is 2. The van der Waals surface area contributed by atoms with E-state index in [2.05, 4.69) is 0 Å². The van der Waals surface area contributed by atoms with Crippen LogP contribution in [-0.4, -0.2) is 0 Å². The Morgan fingerprint density at radius 2 is 1.82 bits per heavy atom. The van der Waals surface area contributed by atoms with Gasteiger partial charge >= 0.3 is 0 Å². The van der Waals surface area contributed by atoms with E-state index in [-0.39, 0.29) is 5.82 Å². The minimum Gasteiger partial charge on any atom is -0.399 e. The van der Waals surface area contributed by atoms with Gasteiger partial charge in [-0.1, -0.05) is 17.7 Å². The van der Waals surface area contributed by atoms with E-state index in [1.165, 1.54) is 12.1 Å². The first-order chi connectivity index (χ1) is 8.15. The number of nitrogen functional groups attached to an aromatic ring is 1. The molecule has 88 valence electrons. The lowest BCUT2D eigenvalue weighted by molar-refractivity contribution is 0.626. The Bertz CT molecular complexity index is 513. The Morgan fingerprint density at radius 1 is 1.12 bits per heavy atom. The van der Waals surface area contributed by atoms with Crippen molar-refractivity contribution < 1.29 is 4.39 Å². The van der Waals surface area contributed by atoms with Crippen LogP contribution in [0.4, 0.5) is 10.1 Å². The van der Waals surface area contributed by atoms with Gasteiger partial charge in [-0.05, 0) is 42.0 Å². The van der Waals surface area contributed by atoms with Crippen molar-refractivity contribution in [2.75, 3.05) is 5.73 Å². The molecule has 0 radical (unpaired) electrons. The fraction of sp³-hybridized carbons (Fsp3) is 0.0769. The Hall–Kier alpha value is -1.19. The molecule has 0 unspecified atom stereocenters. The van der Waals surface area contributed by atoms with Crippen molar-refractivity contribution in [2.24, 2.45) is 0 Å². The van der Waals surface area contributed by atoms with Gasteiger partial charge in [-0.15, -0.1) is 11.8 Å². The molecule has 17 heavy (non-hydrogen) atoms. The molecule has 0 bridgehead atoms. The highest BCUT2D eigenvalue weighted by molar-refractivity contribution is 7.98. The van der Waals surface area contributed by atoms with Crippen LogP contribution in [-0.2, 0) is 5.75 Å². The molecule has 0 saturated carbocycles. The third-order valence-electron chi connectivity index (χ3n) is 2.29. The van der Waals surface area contributed by atoms with E-state index in [1.54, 1.807) is 30.0 Å². The van der Waals surface area contributed by atoms with Crippen LogP contribution in [0.2, 0.25) is 5.02 Å². The zero-order valence-corrected chi connectivity index (χ0v) is 10.6.